The van der Waals surface area contributed by atoms with E-state index in [2.05, 4.69) is 5.32 Å². The number of benzene rings is 3. The van der Waals surface area contributed by atoms with Gasteiger partial charge in [-0.15, -0.1) is 11.8 Å². The minimum atomic E-state index is -0.502. The first-order chi connectivity index (χ1) is 12.2. The van der Waals surface area contributed by atoms with Gasteiger partial charge in [-0.1, -0.05) is 48.5 Å². The molecule has 5 heteroatoms. The lowest BCUT2D eigenvalue weighted by atomic mass is 10.1. The van der Waals surface area contributed by atoms with E-state index in [0.717, 1.165) is 15.7 Å². The normalized spacial score (nSPS) is 10.4. The summed E-state index contributed by atoms with van der Waals surface area (Å²) < 4.78 is 5.15. The van der Waals surface area contributed by atoms with Gasteiger partial charge in [0.2, 0.25) is 0 Å². The Labute approximate surface area is 150 Å². The summed E-state index contributed by atoms with van der Waals surface area (Å²) in [4.78, 5) is 25.2. The molecule has 0 bridgehead atoms. The van der Waals surface area contributed by atoms with Gasteiger partial charge in [-0.25, -0.2) is 4.79 Å². The number of esters is 1. The number of hydrogen-bond donors (Lipinski definition) is 1. The van der Waals surface area contributed by atoms with Gasteiger partial charge < -0.3 is 10.1 Å². The Kier molecular flexibility index (Phi) is 5.36. The van der Waals surface area contributed by atoms with Crippen molar-refractivity contribution in [2.24, 2.45) is 0 Å². The van der Waals surface area contributed by atoms with Crippen LogP contribution in [0.2, 0.25) is 0 Å². The smallest absolute Gasteiger partial charge is 0.339 e. The molecule has 0 aliphatic carbocycles. The summed E-state index contributed by atoms with van der Waals surface area (Å²) in [5, 5.41) is 4.77. The molecule has 0 spiro atoms. The van der Waals surface area contributed by atoms with Gasteiger partial charge in [0.25, 0.3) is 5.91 Å². The zero-order valence-corrected chi connectivity index (χ0v) is 14.5. The highest BCUT2D eigenvalue weighted by Crippen LogP contribution is 2.23. The molecule has 1 N–H and O–H groups in total. The monoisotopic (exact) mass is 351 g/mol. The highest BCUT2D eigenvalue weighted by atomic mass is 32.2. The largest absolute Gasteiger partial charge is 0.452 e. The number of hydrogen-bond acceptors (Lipinski definition) is 4. The van der Waals surface area contributed by atoms with Crippen molar-refractivity contribution >= 4 is 40.1 Å². The Hall–Kier alpha value is -2.79. The molecule has 0 radical (unpaired) electrons. The van der Waals surface area contributed by atoms with E-state index in [1.807, 2.05) is 60.9 Å². The number of thioether (sulfide) groups is 1. The second-order valence-electron chi connectivity index (χ2n) is 5.35. The van der Waals surface area contributed by atoms with E-state index >= 15 is 0 Å². The number of carbonyl (C=O) groups excluding carboxylic acids is 2. The topological polar surface area (TPSA) is 55.4 Å². The van der Waals surface area contributed by atoms with Gasteiger partial charge in [0, 0.05) is 16.0 Å². The van der Waals surface area contributed by atoms with Gasteiger partial charge in [-0.3, -0.25) is 4.79 Å². The molecule has 3 rings (SSSR count). The van der Waals surface area contributed by atoms with Crippen molar-refractivity contribution in [2.75, 3.05) is 18.2 Å². The molecule has 0 aliphatic heterocycles. The molecule has 0 unspecified atom stereocenters. The molecule has 0 aliphatic rings. The van der Waals surface area contributed by atoms with E-state index in [1.165, 1.54) is 11.8 Å². The van der Waals surface area contributed by atoms with Crippen LogP contribution in [0, 0.1) is 0 Å². The summed E-state index contributed by atoms with van der Waals surface area (Å²) in [7, 11) is 0. The molecule has 1 amide bonds. The Bertz CT molecular complexity index is 918. The van der Waals surface area contributed by atoms with Gasteiger partial charge in [0.15, 0.2) is 6.61 Å². The zero-order valence-electron chi connectivity index (χ0n) is 13.7. The molecular formula is C20H17NO3S. The van der Waals surface area contributed by atoms with Gasteiger partial charge in [0.05, 0.1) is 5.56 Å². The molecular weight excluding hydrogens is 334 g/mol. The summed E-state index contributed by atoms with van der Waals surface area (Å²) in [5.74, 6) is -0.871. The molecule has 4 nitrogen and oxygen atoms in total. The number of fused-ring (bicyclic) bond motifs is 1. The Morgan fingerprint density at radius 1 is 0.960 bits per heavy atom. The second kappa shape index (κ2) is 7.85. The van der Waals surface area contributed by atoms with E-state index in [9.17, 15) is 9.59 Å². The molecule has 0 fully saturated rings. The van der Waals surface area contributed by atoms with Gasteiger partial charge in [-0.2, -0.15) is 0 Å². The van der Waals surface area contributed by atoms with Crippen LogP contribution in [0.4, 0.5) is 5.69 Å². The van der Waals surface area contributed by atoms with Crippen LogP contribution in [0.3, 0.4) is 0 Å². The predicted octanol–water partition coefficient (Wildman–Crippen LogP) is 4.36. The van der Waals surface area contributed by atoms with E-state index in [4.69, 9.17) is 4.74 Å². The Morgan fingerprint density at radius 2 is 1.68 bits per heavy atom. The summed E-state index contributed by atoms with van der Waals surface area (Å²) in [6.07, 6.45) is 1.89. The van der Waals surface area contributed by atoms with Crippen LogP contribution >= 0.6 is 11.8 Å². The first-order valence-corrected chi connectivity index (χ1v) is 8.99. The molecule has 25 heavy (non-hydrogen) atoms. The maximum Gasteiger partial charge on any atom is 0.339 e. The van der Waals surface area contributed by atoms with Gasteiger partial charge in [0.1, 0.15) is 0 Å². The first kappa shape index (κ1) is 17.0. The third kappa shape index (κ3) is 4.00. The molecule has 0 aromatic heterocycles. The minimum Gasteiger partial charge on any atom is -0.452 e. The maximum atomic E-state index is 12.2. The van der Waals surface area contributed by atoms with Gasteiger partial charge in [-0.05, 0) is 29.8 Å². The number of carbonyl (C=O) groups is 2. The number of rotatable bonds is 5. The highest BCUT2D eigenvalue weighted by Gasteiger charge is 2.14. The summed E-state index contributed by atoms with van der Waals surface area (Å²) in [6, 6.07) is 20.6. The fraction of sp³-hybridized carbons (Fsp3) is 0.100. The van der Waals surface area contributed by atoms with Crippen LogP contribution in [0.5, 0.6) is 0 Å². The molecule has 0 saturated heterocycles. The van der Waals surface area contributed by atoms with Crippen molar-refractivity contribution in [3.63, 3.8) is 0 Å². The van der Waals surface area contributed by atoms with Gasteiger partial charge >= 0.3 is 5.97 Å². The third-order valence-electron chi connectivity index (χ3n) is 3.72. The molecule has 3 aromatic rings. The molecule has 126 valence electrons. The third-order valence-corrected chi connectivity index (χ3v) is 4.52. The number of ether oxygens (including phenoxy) is 1. The van der Waals surface area contributed by atoms with Crippen molar-refractivity contribution in [2.45, 2.75) is 4.90 Å². The Balaban J connectivity index is 1.66. The summed E-state index contributed by atoms with van der Waals surface area (Å²) in [6.45, 7) is -0.329. The fourth-order valence-electron chi connectivity index (χ4n) is 2.54. The first-order valence-electron chi connectivity index (χ1n) is 7.77. The average Bonchev–Trinajstić information content (AvgIpc) is 2.66. The second-order valence-corrected chi connectivity index (χ2v) is 6.20. The quantitative estimate of drug-likeness (QED) is 0.548. The standard InChI is InChI=1S/C20H17NO3S/c1-25-18-12-5-4-10-16(18)20(23)24-13-19(22)21-17-11-6-8-14-7-2-3-9-15(14)17/h2-12H,13H2,1H3,(H,21,22). The molecule has 0 saturated carbocycles. The van der Waals surface area contributed by atoms with Crippen LogP contribution in [0.1, 0.15) is 10.4 Å². The minimum absolute atomic E-state index is 0.329. The van der Waals surface area contributed by atoms with Crippen LogP contribution in [0.25, 0.3) is 10.8 Å². The predicted molar refractivity (Wildman–Crippen MR) is 101 cm³/mol. The lowest BCUT2D eigenvalue weighted by Gasteiger charge is -2.10. The lowest BCUT2D eigenvalue weighted by molar-refractivity contribution is -0.119. The highest BCUT2D eigenvalue weighted by molar-refractivity contribution is 7.98. The van der Waals surface area contributed by atoms with Crippen molar-refractivity contribution in [3.05, 3.63) is 72.3 Å². The average molecular weight is 351 g/mol. The van der Waals surface area contributed by atoms with E-state index in [0.29, 0.717) is 11.3 Å². The number of amides is 1. The van der Waals surface area contributed by atoms with Crippen LogP contribution in [-0.4, -0.2) is 24.7 Å². The van der Waals surface area contributed by atoms with Crippen molar-refractivity contribution in [1.82, 2.24) is 0 Å². The van der Waals surface area contributed by atoms with Crippen LogP contribution < -0.4 is 5.32 Å². The van der Waals surface area contributed by atoms with E-state index < -0.39 is 5.97 Å². The number of nitrogens with one attached hydrogen (secondary N) is 1. The molecule has 0 heterocycles. The van der Waals surface area contributed by atoms with Crippen molar-refractivity contribution < 1.29 is 14.3 Å². The van der Waals surface area contributed by atoms with Crippen molar-refractivity contribution in [1.29, 1.82) is 0 Å². The SMILES string of the molecule is CSc1ccccc1C(=O)OCC(=O)Nc1cccc2ccccc12. The van der Waals surface area contributed by atoms with Crippen LogP contribution in [0.15, 0.2) is 71.6 Å². The van der Waals surface area contributed by atoms with E-state index in [1.54, 1.807) is 12.1 Å². The molecule has 3 aromatic carbocycles. The van der Waals surface area contributed by atoms with Crippen LogP contribution in [-0.2, 0) is 9.53 Å². The zero-order chi connectivity index (χ0) is 17.6. The summed E-state index contributed by atoms with van der Waals surface area (Å²) >= 11 is 1.46. The fourth-order valence-corrected chi connectivity index (χ4v) is 3.13. The summed E-state index contributed by atoms with van der Waals surface area (Å²) in [5.41, 5.74) is 1.16. The van der Waals surface area contributed by atoms with E-state index in [-0.39, 0.29) is 12.5 Å². The maximum absolute atomic E-state index is 12.2. The number of anilines is 1. The lowest BCUT2D eigenvalue weighted by Crippen LogP contribution is -2.21. The Morgan fingerprint density at radius 3 is 2.52 bits per heavy atom. The molecule has 0 atom stereocenters. The van der Waals surface area contributed by atoms with Crippen molar-refractivity contribution in [3.8, 4) is 0 Å².